The van der Waals surface area contributed by atoms with Crippen LogP contribution in [-0.2, 0) is 11.2 Å². The summed E-state index contributed by atoms with van der Waals surface area (Å²) in [5, 5.41) is 9.61. The van der Waals surface area contributed by atoms with Gasteiger partial charge in [-0.1, -0.05) is 6.07 Å². The van der Waals surface area contributed by atoms with E-state index >= 15 is 0 Å². The minimum atomic E-state index is -0.519. The van der Waals surface area contributed by atoms with E-state index in [-0.39, 0.29) is 5.82 Å². The Morgan fingerprint density at radius 2 is 2.20 bits per heavy atom. The zero-order valence-electron chi connectivity index (χ0n) is 9.16. The monoisotopic (exact) mass is 212 g/mol. The van der Waals surface area contributed by atoms with E-state index in [9.17, 15) is 9.50 Å². The van der Waals surface area contributed by atoms with Gasteiger partial charge in [0, 0.05) is 13.0 Å². The second kappa shape index (κ2) is 5.83. The van der Waals surface area contributed by atoms with Crippen molar-refractivity contribution < 1.29 is 14.2 Å². The van der Waals surface area contributed by atoms with Crippen LogP contribution in [0.4, 0.5) is 4.39 Å². The van der Waals surface area contributed by atoms with Crippen molar-refractivity contribution in [3.8, 4) is 0 Å². The highest BCUT2D eigenvalue weighted by molar-refractivity contribution is 5.27. The predicted octanol–water partition coefficient (Wildman–Crippen LogP) is 2.07. The van der Waals surface area contributed by atoms with Crippen LogP contribution < -0.4 is 0 Å². The smallest absolute Gasteiger partial charge is 0.123 e. The number of benzene rings is 1. The van der Waals surface area contributed by atoms with Crippen molar-refractivity contribution in [1.82, 2.24) is 0 Å². The van der Waals surface area contributed by atoms with Crippen molar-refractivity contribution in [2.45, 2.75) is 26.4 Å². The van der Waals surface area contributed by atoms with Gasteiger partial charge in [-0.05, 0) is 37.1 Å². The molecular weight excluding hydrogens is 195 g/mol. The standard InChI is InChI=1S/C12H17FO2/c1-3-15-8-12(14)7-10-4-5-11(13)6-9(10)2/h4-6,12,14H,3,7-8H2,1-2H3. The Labute approximate surface area is 89.7 Å². The van der Waals surface area contributed by atoms with Gasteiger partial charge in [0.05, 0.1) is 12.7 Å². The Morgan fingerprint density at radius 3 is 2.80 bits per heavy atom. The summed E-state index contributed by atoms with van der Waals surface area (Å²) >= 11 is 0. The van der Waals surface area contributed by atoms with Gasteiger partial charge < -0.3 is 9.84 Å². The molecule has 15 heavy (non-hydrogen) atoms. The van der Waals surface area contributed by atoms with Crippen LogP contribution >= 0.6 is 0 Å². The minimum Gasteiger partial charge on any atom is -0.390 e. The maximum absolute atomic E-state index is 12.8. The lowest BCUT2D eigenvalue weighted by molar-refractivity contribution is 0.0429. The summed E-state index contributed by atoms with van der Waals surface area (Å²) in [7, 11) is 0. The van der Waals surface area contributed by atoms with Gasteiger partial charge in [0.1, 0.15) is 5.82 Å². The molecule has 0 spiro atoms. The number of halogens is 1. The van der Waals surface area contributed by atoms with E-state index < -0.39 is 6.10 Å². The molecule has 2 nitrogen and oxygen atoms in total. The lowest BCUT2D eigenvalue weighted by atomic mass is 10.0. The summed E-state index contributed by atoms with van der Waals surface area (Å²) in [6.07, 6.45) is -0.0133. The van der Waals surface area contributed by atoms with Crippen LogP contribution in [0.2, 0.25) is 0 Å². The molecule has 0 aliphatic rings. The highest BCUT2D eigenvalue weighted by Gasteiger charge is 2.07. The zero-order chi connectivity index (χ0) is 11.3. The molecule has 0 aliphatic heterocycles. The first-order valence-electron chi connectivity index (χ1n) is 5.14. The summed E-state index contributed by atoms with van der Waals surface area (Å²) < 4.78 is 17.9. The Balaban J connectivity index is 2.56. The van der Waals surface area contributed by atoms with E-state index in [4.69, 9.17) is 4.74 Å². The molecule has 1 aromatic carbocycles. The third-order valence-corrected chi connectivity index (χ3v) is 2.27. The molecule has 0 aromatic heterocycles. The van der Waals surface area contributed by atoms with Crippen LogP contribution in [0.3, 0.4) is 0 Å². The van der Waals surface area contributed by atoms with Crippen molar-refractivity contribution in [3.63, 3.8) is 0 Å². The van der Waals surface area contributed by atoms with Gasteiger partial charge in [0.15, 0.2) is 0 Å². The second-order valence-electron chi connectivity index (χ2n) is 3.59. The van der Waals surface area contributed by atoms with Gasteiger partial charge in [0.25, 0.3) is 0 Å². The summed E-state index contributed by atoms with van der Waals surface area (Å²) in [6.45, 7) is 4.65. The Kier molecular flexibility index (Phi) is 4.72. The summed E-state index contributed by atoms with van der Waals surface area (Å²) in [5.41, 5.74) is 1.83. The molecular formula is C12H17FO2. The van der Waals surface area contributed by atoms with Crippen molar-refractivity contribution in [1.29, 1.82) is 0 Å². The summed E-state index contributed by atoms with van der Waals surface area (Å²) in [5.74, 6) is -0.240. The van der Waals surface area contributed by atoms with Crippen LogP contribution in [0.5, 0.6) is 0 Å². The van der Waals surface area contributed by atoms with Gasteiger partial charge >= 0.3 is 0 Å². The third kappa shape index (κ3) is 3.98. The molecule has 0 amide bonds. The normalized spacial score (nSPS) is 12.8. The van der Waals surface area contributed by atoms with Crippen LogP contribution in [0.1, 0.15) is 18.1 Å². The van der Waals surface area contributed by atoms with Gasteiger partial charge in [-0.3, -0.25) is 0 Å². The van der Waals surface area contributed by atoms with Crippen molar-refractivity contribution >= 4 is 0 Å². The lowest BCUT2D eigenvalue weighted by Gasteiger charge is -2.12. The van der Waals surface area contributed by atoms with Crippen molar-refractivity contribution in [2.75, 3.05) is 13.2 Å². The Bertz CT molecular complexity index is 312. The van der Waals surface area contributed by atoms with Crippen LogP contribution in [0.15, 0.2) is 18.2 Å². The van der Waals surface area contributed by atoms with Crippen LogP contribution in [0, 0.1) is 12.7 Å². The molecule has 84 valence electrons. The van der Waals surface area contributed by atoms with Crippen LogP contribution in [0.25, 0.3) is 0 Å². The van der Waals surface area contributed by atoms with Crippen LogP contribution in [-0.4, -0.2) is 24.4 Å². The molecule has 1 rings (SSSR count). The lowest BCUT2D eigenvalue weighted by Crippen LogP contribution is -2.18. The number of hydrogen-bond acceptors (Lipinski definition) is 2. The minimum absolute atomic E-state index is 0.240. The molecule has 0 fully saturated rings. The van der Waals surface area contributed by atoms with Crippen molar-refractivity contribution in [2.24, 2.45) is 0 Å². The second-order valence-corrected chi connectivity index (χ2v) is 3.59. The first-order chi connectivity index (χ1) is 7.13. The van der Waals surface area contributed by atoms with Crippen molar-refractivity contribution in [3.05, 3.63) is 35.1 Å². The molecule has 1 unspecified atom stereocenters. The molecule has 1 aromatic rings. The van der Waals surface area contributed by atoms with Gasteiger partial charge in [0.2, 0.25) is 0 Å². The molecule has 0 aliphatic carbocycles. The molecule has 1 atom stereocenters. The maximum Gasteiger partial charge on any atom is 0.123 e. The van der Waals surface area contributed by atoms with E-state index in [0.717, 1.165) is 11.1 Å². The highest BCUT2D eigenvalue weighted by Crippen LogP contribution is 2.12. The highest BCUT2D eigenvalue weighted by atomic mass is 19.1. The number of aryl methyl sites for hydroxylation is 1. The SMILES string of the molecule is CCOCC(O)Cc1ccc(F)cc1C. The quantitative estimate of drug-likeness (QED) is 0.809. The third-order valence-electron chi connectivity index (χ3n) is 2.27. The number of aliphatic hydroxyl groups is 1. The number of rotatable bonds is 5. The van der Waals surface area contributed by atoms with E-state index in [1.165, 1.54) is 12.1 Å². The predicted molar refractivity (Wildman–Crippen MR) is 57.3 cm³/mol. The average molecular weight is 212 g/mol. The maximum atomic E-state index is 12.8. The largest absolute Gasteiger partial charge is 0.390 e. The Morgan fingerprint density at radius 1 is 1.47 bits per heavy atom. The Hall–Kier alpha value is -0.930. The van der Waals surface area contributed by atoms with Gasteiger partial charge in [-0.25, -0.2) is 4.39 Å². The molecule has 0 saturated heterocycles. The van der Waals surface area contributed by atoms with Gasteiger partial charge in [-0.2, -0.15) is 0 Å². The summed E-state index contributed by atoms with van der Waals surface area (Å²) in [6, 6.07) is 4.60. The first-order valence-corrected chi connectivity index (χ1v) is 5.14. The van der Waals surface area contributed by atoms with Gasteiger partial charge in [-0.15, -0.1) is 0 Å². The topological polar surface area (TPSA) is 29.5 Å². The molecule has 0 radical (unpaired) electrons. The molecule has 1 N–H and O–H groups in total. The fourth-order valence-electron chi connectivity index (χ4n) is 1.45. The number of ether oxygens (including phenoxy) is 1. The molecule has 0 saturated carbocycles. The number of hydrogen-bond donors (Lipinski definition) is 1. The average Bonchev–Trinajstić information content (AvgIpc) is 2.19. The van der Waals surface area contributed by atoms with E-state index in [1.54, 1.807) is 6.07 Å². The molecule has 3 heteroatoms. The molecule has 0 heterocycles. The summed E-state index contributed by atoms with van der Waals surface area (Å²) in [4.78, 5) is 0. The van der Waals surface area contributed by atoms with E-state index in [2.05, 4.69) is 0 Å². The zero-order valence-corrected chi connectivity index (χ0v) is 9.16. The number of aliphatic hydroxyl groups excluding tert-OH is 1. The van der Waals surface area contributed by atoms with E-state index in [1.807, 2.05) is 13.8 Å². The van der Waals surface area contributed by atoms with E-state index in [0.29, 0.717) is 19.6 Å². The fraction of sp³-hybridized carbons (Fsp3) is 0.500. The molecule has 0 bridgehead atoms. The fourth-order valence-corrected chi connectivity index (χ4v) is 1.45. The first kappa shape index (κ1) is 12.1.